The summed E-state index contributed by atoms with van der Waals surface area (Å²) in [6, 6.07) is 11.3. The minimum absolute atomic E-state index is 0.0534. The third-order valence-electron chi connectivity index (χ3n) is 2.38. The van der Waals surface area contributed by atoms with Crippen LogP contribution in [0.1, 0.15) is 24.2 Å². The van der Waals surface area contributed by atoms with Crippen molar-refractivity contribution < 1.29 is 0 Å². The Labute approximate surface area is 100.0 Å². The highest BCUT2D eigenvalue weighted by Gasteiger charge is 2.06. The van der Waals surface area contributed by atoms with Crippen molar-refractivity contribution in [2.24, 2.45) is 0 Å². The van der Waals surface area contributed by atoms with Crippen LogP contribution in [0.4, 0.5) is 5.82 Å². The minimum Gasteiger partial charge on any atom is -0.362 e. The number of rotatable bonds is 3. The van der Waals surface area contributed by atoms with Gasteiger partial charge in [-0.15, -0.1) is 0 Å². The average molecular weight is 224 g/mol. The Kier molecular flexibility index (Phi) is 3.31. The van der Waals surface area contributed by atoms with Crippen molar-refractivity contribution in [3.05, 3.63) is 54.0 Å². The van der Waals surface area contributed by atoms with E-state index in [1.165, 1.54) is 0 Å². The first-order chi connectivity index (χ1) is 8.29. The average Bonchev–Trinajstić information content (AvgIpc) is 2.40. The van der Waals surface area contributed by atoms with Gasteiger partial charge in [0.25, 0.3) is 0 Å². The molecule has 0 aromatic carbocycles. The van der Waals surface area contributed by atoms with Gasteiger partial charge in [-0.05, 0) is 31.2 Å². The predicted molar refractivity (Wildman–Crippen MR) is 65.2 cm³/mol. The van der Waals surface area contributed by atoms with Crippen molar-refractivity contribution in [2.45, 2.75) is 13.0 Å². The summed E-state index contributed by atoms with van der Waals surface area (Å²) >= 11 is 0. The second kappa shape index (κ2) is 5.08. The summed E-state index contributed by atoms with van der Waals surface area (Å²) in [4.78, 5) is 8.42. The number of hydrogen-bond acceptors (Lipinski definition) is 4. The van der Waals surface area contributed by atoms with Crippen LogP contribution in [-0.4, -0.2) is 9.97 Å². The Hall–Kier alpha value is -2.41. The highest BCUT2D eigenvalue weighted by Crippen LogP contribution is 2.15. The fraction of sp³-hybridized carbons (Fsp3) is 0.154. The molecular formula is C13H12N4. The third-order valence-corrected chi connectivity index (χ3v) is 2.38. The van der Waals surface area contributed by atoms with Gasteiger partial charge in [-0.25, -0.2) is 4.98 Å². The lowest BCUT2D eigenvalue weighted by atomic mass is 10.2. The molecule has 2 heterocycles. The number of nitriles is 1. The lowest BCUT2D eigenvalue weighted by Crippen LogP contribution is -2.09. The molecule has 4 heteroatoms. The Balaban J connectivity index is 2.13. The SMILES string of the molecule is CC(Nc1cc(C#N)ccn1)c1ccccn1. The smallest absolute Gasteiger partial charge is 0.127 e. The van der Waals surface area contributed by atoms with Crippen LogP contribution in [-0.2, 0) is 0 Å². The van der Waals surface area contributed by atoms with Crippen LogP contribution < -0.4 is 5.32 Å². The van der Waals surface area contributed by atoms with Crippen LogP contribution in [0.3, 0.4) is 0 Å². The van der Waals surface area contributed by atoms with Crippen molar-refractivity contribution in [2.75, 3.05) is 5.32 Å². The molecule has 1 atom stereocenters. The minimum atomic E-state index is 0.0534. The molecule has 84 valence electrons. The summed E-state index contributed by atoms with van der Waals surface area (Å²) in [5.74, 6) is 0.683. The summed E-state index contributed by atoms with van der Waals surface area (Å²) in [6.45, 7) is 2.00. The van der Waals surface area contributed by atoms with Crippen molar-refractivity contribution in [1.29, 1.82) is 5.26 Å². The maximum atomic E-state index is 8.80. The van der Waals surface area contributed by atoms with Crippen molar-refractivity contribution >= 4 is 5.82 Å². The second-order valence-electron chi connectivity index (χ2n) is 3.66. The van der Waals surface area contributed by atoms with E-state index in [0.29, 0.717) is 11.4 Å². The zero-order valence-electron chi connectivity index (χ0n) is 9.46. The molecule has 0 aliphatic heterocycles. The van der Waals surface area contributed by atoms with Crippen LogP contribution in [0.5, 0.6) is 0 Å². The molecule has 2 aromatic heterocycles. The normalized spacial score (nSPS) is 11.5. The number of anilines is 1. The Morgan fingerprint density at radius 3 is 2.82 bits per heavy atom. The zero-order chi connectivity index (χ0) is 12.1. The van der Waals surface area contributed by atoms with Crippen LogP contribution in [0, 0.1) is 11.3 Å². The molecule has 0 aliphatic carbocycles. The summed E-state index contributed by atoms with van der Waals surface area (Å²) in [5, 5.41) is 12.0. The molecule has 0 spiro atoms. The molecule has 17 heavy (non-hydrogen) atoms. The highest BCUT2D eigenvalue weighted by atomic mass is 15.0. The lowest BCUT2D eigenvalue weighted by molar-refractivity contribution is 0.832. The third kappa shape index (κ3) is 2.79. The molecule has 0 radical (unpaired) electrons. The number of nitrogens with zero attached hydrogens (tertiary/aromatic N) is 3. The number of nitrogens with one attached hydrogen (secondary N) is 1. The van der Waals surface area contributed by atoms with Gasteiger partial charge >= 0.3 is 0 Å². The van der Waals surface area contributed by atoms with E-state index in [0.717, 1.165) is 5.69 Å². The summed E-state index contributed by atoms with van der Waals surface area (Å²) in [5.41, 5.74) is 1.53. The molecule has 0 fully saturated rings. The molecule has 0 saturated heterocycles. The first kappa shape index (κ1) is 11.1. The van der Waals surface area contributed by atoms with Crippen LogP contribution >= 0.6 is 0 Å². The molecule has 2 rings (SSSR count). The maximum absolute atomic E-state index is 8.80. The molecule has 1 unspecified atom stereocenters. The summed E-state index contributed by atoms with van der Waals surface area (Å²) < 4.78 is 0. The van der Waals surface area contributed by atoms with Gasteiger partial charge in [-0.3, -0.25) is 4.98 Å². The van der Waals surface area contributed by atoms with E-state index in [1.807, 2.05) is 25.1 Å². The van der Waals surface area contributed by atoms with Gasteiger partial charge in [0, 0.05) is 12.4 Å². The van der Waals surface area contributed by atoms with E-state index in [2.05, 4.69) is 21.4 Å². The van der Waals surface area contributed by atoms with Crippen LogP contribution in [0.25, 0.3) is 0 Å². The van der Waals surface area contributed by atoms with Crippen molar-refractivity contribution in [3.63, 3.8) is 0 Å². The largest absolute Gasteiger partial charge is 0.362 e. The van der Waals surface area contributed by atoms with Crippen molar-refractivity contribution in [1.82, 2.24) is 9.97 Å². The standard InChI is InChI=1S/C13H12N4/c1-10(12-4-2-3-6-15-12)17-13-8-11(9-14)5-7-16-13/h2-8,10H,1H3,(H,16,17). The Morgan fingerprint density at radius 2 is 2.12 bits per heavy atom. The van der Waals surface area contributed by atoms with Gasteiger partial charge in [-0.1, -0.05) is 6.07 Å². The van der Waals surface area contributed by atoms with Gasteiger partial charge in [0.15, 0.2) is 0 Å². The van der Waals surface area contributed by atoms with E-state index in [9.17, 15) is 0 Å². The first-order valence-corrected chi connectivity index (χ1v) is 5.33. The zero-order valence-corrected chi connectivity index (χ0v) is 9.46. The summed E-state index contributed by atoms with van der Waals surface area (Å²) in [6.07, 6.45) is 3.37. The van der Waals surface area contributed by atoms with E-state index < -0.39 is 0 Å². The monoisotopic (exact) mass is 224 g/mol. The van der Waals surface area contributed by atoms with Gasteiger partial charge in [-0.2, -0.15) is 5.26 Å². The molecule has 1 N–H and O–H groups in total. The van der Waals surface area contributed by atoms with Gasteiger partial charge in [0.2, 0.25) is 0 Å². The number of pyridine rings is 2. The Morgan fingerprint density at radius 1 is 1.24 bits per heavy atom. The topological polar surface area (TPSA) is 61.6 Å². The number of aromatic nitrogens is 2. The Bertz CT molecular complexity index is 531. The molecule has 0 amide bonds. The highest BCUT2D eigenvalue weighted by molar-refractivity contribution is 5.43. The molecular weight excluding hydrogens is 212 g/mol. The first-order valence-electron chi connectivity index (χ1n) is 5.33. The fourth-order valence-corrected chi connectivity index (χ4v) is 1.51. The van der Waals surface area contributed by atoms with Crippen LogP contribution in [0.2, 0.25) is 0 Å². The van der Waals surface area contributed by atoms with E-state index in [-0.39, 0.29) is 6.04 Å². The second-order valence-corrected chi connectivity index (χ2v) is 3.66. The van der Waals surface area contributed by atoms with Crippen LogP contribution in [0.15, 0.2) is 42.7 Å². The molecule has 0 aliphatic rings. The molecule has 4 nitrogen and oxygen atoms in total. The lowest BCUT2D eigenvalue weighted by Gasteiger charge is -2.13. The maximum Gasteiger partial charge on any atom is 0.127 e. The molecule has 0 bridgehead atoms. The molecule has 0 saturated carbocycles. The number of hydrogen-bond donors (Lipinski definition) is 1. The van der Waals surface area contributed by atoms with Gasteiger partial charge < -0.3 is 5.32 Å². The fourth-order valence-electron chi connectivity index (χ4n) is 1.51. The van der Waals surface area contributed by atoms with Crippen molar-refractivity contribution in [3.8, 4) is 6.07 Å². The quantitative estimate of drug-likeness (QED) is 0.870. The van der Waals surface area contributed by atoms with E-state index in [4.69, 9.17) is 5.26 Å². The predicted octanol–water partition coefficient (Wildman–Crippen LogP) is 2.52. The van der Waals surface area contributed by atoms with E-state index >= 15 is 0 Å². The van der Waals surface area contributed by atoms with Gasteiger partial charge in [0.1, 0.15) is 5.82 Å². The summed E-state index contributed by atoms with van der Waals surface area (Å²) in [7, 11) is 0. The molecule has 2 aromatic rings. The van der Waals surface area contributed by atoms with E-state index in [1.54, 1.807) is 24.5 Å². The van der Waals surface area contributed by atoms with Gasteiger partial charge in [0.05, 0.1) is 23.4 Å².